The molecule has 5 N–H and O–H groups in total. The van der Waals surface area contributed by atoms with E-state index >= 15 is 0 Å². The number of nitriles is 1. The van der Waals surface area contributed by atoms with Gasteiger partial charge in [-0.15, -0.1) is 0 Å². The van der Waals surface area contributed by atoms with Gasteiger partial charge in [0.25, 0.3) is 0 Å². The molecule has 2 aromatic carbocycles. The van der Waals surface area contributed by atoms with Gasteiger partial charge in [0.05, 0.1) is 44.5 Å². The fourth-order valence-electron chi connectivity index (χ4n) is 4.86. The largest absolute Gasteiger partial charge is 0.500 e. The Morgan fingerprint density at radius 1 is 1.11 bits per heavy atom. The Kier molecular flexibility index (Phi) is 7.14. The van der Waals surface area contributed by atoms with Crippen molar-refractivity contribution in [2.75, 3.05) is 27.9 Å². The number of nitro groups is 1. The third-order valence-electron chi connectivity index (χ3n) is 6.43. The van der Waals surface area contributed by atoms with Crippen LogP contribution in [0.2, 0.25) is 0 Å². The lowest BCUT2D eigenvalue weighted by atomic mass is 9.74. The zero-order chi connectivity index (χ0) is 26.9. The molecule has 2 heterocycles. The molecule has 4 atom stereocenters. The average molecular weight is 514 g/mol. The Labute approximate surface area is 212 Å². The maximum atomic E-state index is 11.7. The van der Waals surface area contributed by atoms with E-state index in [1.54, 1.807) is 19.1 Å². The average Bonchev–Trinajstić information content (AvgIpc) is 3.31. The molecule has 0 aromatic heterocycles. The number of hydrogen-bond acceptors (Lipinski definition) is 12. The molecule has 4 unspecified atom stereocenters. The van der Waals surface area contributed by atoms with E-state index in [0.29, 0.717) is 28.4 Å². The van der Waals surface area contributed by atoms with Gasteiger partial charge in [0.2, 0.25) is 17.4 Å². The number of benzene rings is 2. The number of rotatable bonds is 8. The highest BCUT2D eigenvalue weighted by Gasteiger charge is 2.50. The molecule has 0 saturated carbocycles. The highest BCUT2D eigenvalue weighted by Crippen LogP contribution is 2.51. The Bertz CT molecular complexity index is 1270. The van der Waals surface area contributed by atoms with Crippen molar-refractivity contribution in [2.24, 2.45) is 11.7 Å². The number of ether oxygens (including phenoxy) is 5. The second kappa shape index (κ2) is 10.3. The van der Waals surface area contributed by atoms with Crippen LogP contribution in [-0.4, -0.2) is 44.2 Å². The summed E-state index contributed by atoms with van der Waals surface area (Å²) < 4.78 is 27.7. The standard InChI is InChI=1S/C24H27N5O8/c1-5-36-15-7-11(6-14(21(15)30)29(31)32)18-13(10-25)23(26)37-24-19(18)20(27-28-24)12-8-16(33-2)22(35-4)17(9-12)34-3/h6-9,18-20,24,27-28,30H,5,26H2,1-4H3. The summed E-state index contributed by atoms with van der Waals surface area (Å²) in [4.78, 5) is 11.0. The van der Waals surface area contributed by atoms with Crippen LogP contribution in [0.15, 0.2) is 35.7 Å². The second-order valence-electron chi connectivity index (χ2n) is 8.29. The van der Waals surface area contributed by atoms with Crippen molar-refractivity contribution in [1.29, 1.82) is 5.26 Å². The molecule has 0 amide bonds. The third kappa shape index (κ3) is 4.37. The molecule has 2 aliphatic rings. The van der Waals surface area contributed by atoms with Gasteiger partial charge in [-0.2, -0.15) is 5.26 Å². The molecule has 2 aromatic rings. The van der Waals surface area contributed by atoms with Crippen molar-refractivity contribution in [3.8, 4) is 34.8 Å². The zero-order valence-corrected chi connectivity index (χ0v) is 20.6. The molecule has 4 rings (SSSR count). The summed E-state index contributed by atoms with van der Waals surface area (Å²) in [5.41, 5.74) is 12.9. The predicted octanol–water partition coefficient (Wildman–Crippen LogP) is 2.32. The van der Waals surface area contributed by atoms with E-state index in [4.69, 9.17) is 29.4 Å². The van der Waals surface area contributed by atoms with Gasteiger partial charge in [0.15, 0.2) is 23.5 Å². The number of phenolic OH excluding ortho intramolecular Hbond substituents is 1. The smallest absolute Gasteiger partial charge is 0.314 e. The summed E-state index contributed by atoms with van der Waals surface area (Å²) in [6.45, 7) is 1.85. The van der Waals surface area contributed by atoms with Gasteiger partial charge in [-0.25, -0.2) is 10.9 Å². The summed E-state index contributed by atoms with van der Waals surface area (Å²) in [6.07, 6.45) is -0.699. The number of hydrazine groups is 1. The van der Waals surface area contributed by atoms with E-state index in [9.17, 15) is 20.5 Å². The normalized spacial score (nSPS) is 22.5. The van der Waals surface area contributed by atoms with Crippen molar-refractivity contribution >= 4 is 5.69 Å². The number of hydrogen-bond donors (Lipinski definition) is 4. The number of methoxy groups -OCH3 is 3. The first kappa shape index (κ1) is 25.7. The number of allylic oxidation sites excluding steroid dienone is 1. The summed E-state index contributed by atoms with van der Waals surface area (Å²) in [5, 5.41) is 32.2. The zero-order valence-electron chi connectivity index (χ0n) is 20.6. The molecular weight excluding hydrogens is 486 g/mol. The van der Waals surface area contributed by atoms with Gasteiger partial charge in [0.1, 0.15) is 6.07 Å². The molecule has 1 fully saturated rings. The van der Waals surface area contributed by atoms with E-state index in [1.807, 2.05) is 0 Å². The first-order valence-electron chi connectivity index (χ1n) is 11.3. The number of nitrogens with two attached hydrogens (primary N) is 1. The number of phenols is 1. The van der Waals surface area contributed by atoms with Crippen LogP contribution in [0.1, 0.15) is 30.0 Å². The lowest BCUT2D eigenvalue weighted by molar-refractivity contribution is -0.386. The van der Waals surface area contributed by atoms with Gasteiger partial charge in [-0.05, 0) is 36.2 Å². The lowest BCUT2D eigenvalue weighted by Gasteiger charge is -2.36. The highest BCUT2D eigenvalue weighted by atomic mass is 16.6. The molecule has 37 heavy (non-hydrogen) atoms. The monoisotopic (exact) mass is 513 g/mol. The number of aromatic hydroxyl groups is 1. The molecule has 13 heteroatoms. The van der Waals surface area contributed by atoms with Crippen molar-refractivity contribution in [3.63, 3.8) is 0 Å². The third-order valence-corrected chi connectivity index (χ3v) is 6.43. The minimum Gasteiger partial charge on any atom is -0.500 e. The van der Waals surface area contributed by atoms with Crippen LogP contribution < -0.4 is 35.5 Å². The fraction of sp³-hybridized carbons (Fsp3) is 0.375. The van der Waals surface area contributed by atoms with Crippen LogP contribution in [0.4, 0.5) is 5.69 Å². The summed E-state index contributed by atoms with van der Waals surface area (Å²) in [5.74, 6) is -0.827. The molecular formula is C24H27N5O8. The van der Waals surface area contributed by atoms with Crippen LogP contribution in [0.25, 0.3) is 0 Å². The number of fused-ring (bicyclic) bond motifs is 1. The number of nitrogens with one attached hydrogen (secondary N) is 2. The summed E-state index contributed by atoms with van der Waals surface area (Å²) in [7, 11) is 4.49. The Morgan fingerprint density at radius 2 is 1.76 bits per heavy atom. The van der Waals surface area contributed by atoms with Gasteiger partial charge in [0, 0.05) is 17.9 Å². The van der Waals surface area contributed by atoms with E-state index in [1.165, 1.54) is 33.5 Å². The molecule has 0 bridgehead atoms. The SMILES string of the molecule is CCOc1cc(C2C(C#N)=C(N)OC3NNC(c4cc(OC)c(OC)c(OC)c4)C32)cc([N+](=O)[O-])c1O. The van der Waals surface area contributed by atoms with Crippen molar-refractivity contribution in [3.05, 3.63) is 57.0 Å². The quantitative estimate of drug-likeness (QED) is 0.299. The number of nitrogens with zero attached hydrogens (tertiary/aromatic N) is 2. The molecule has 13 nitrogen and oxygen atoms in total. The Morgan fingerprint density at radius 3 is 2.30 bits per heavy atom. The summed E-state index contributed by atoms with van der Waals surface area (Å²) >= 11 is 0. The second-order valence-corrected chi connectivity index (χ2v) is 8.29. The van der Waals surface area contributed by atoms with Crippen molar-refractivity contribution in [1.82, 2.24) is 10.9 Å². The lowest BCUT2D eigenvalue weighted by Crippen LogP contribution is -2.41. The molecule has 2 aliphatic heterocycles. The van der Waals surface area contributed by atoms with Crippen LogP contribution in [-0.2, 0) is 4.74 Å². The van der Waals surface area contributed by atoms with Crippen LogP contribution in [0, 0.1) is 27.4 Å². The van der Waals surface area contributed by atoms with Gasteiger partial charge < -0.3 is 34.5 Å². The van der Waals surface area contributed by atoms with Gasteiger partial charge in [-0.1, -0.05) is 0 Å². The minimum atomic E-state index is -0.770. The van der Waals surface area contributed by atoms with Gasteiger partial charge >= 0.3 is 5.69 Å². The molecule has 196 valence electrons. The molecule has 0 aliphatic carbocycles. The highest BCUT2D eigenvalue weighted by molar-refractivity contribution is 5.60. The molecule has 0 radical (unpaired) electrons. The van der Waals surface area contributed by atoms with Crippen LogP contribution in [0.3, 0.4) is 0 Å². The van der Waals surface area contributed by atoms with E-state index in [0.717, 1.165) is 0 Å². The molecule has 1 saturated heterocycles. The predicted molar refractivity (Wildman–Crippen MR) is 129 cm³/mol. The first-order chi connectivity index (χ1) is 17.8. The maximum absolute atomic E-state index is 11.7. The maximum Gasteiger partial charge on any atom is 0.314 e. The van der Waals surface area contributed by atoms with Crippen molar-refractivity contribution < 1.29 is 33.7 Å². The Hall–Kier alpha value is -4.41. The molecule has 0 spiro atoms. The first-order valence-corrected chi connectivity index (χ1v) is 11.3. The van der Waals surface area contributed by atoms with E-state index in [2.05, 4.69) is 16.9 Å². The van der Waals surface area contributed by atoms with E-state index in [-0.39, 0.29) is 23.8 Å². The van der Waals surface area contributed by atoms with E-state index < -0.39 is 40.5 Å². The fourth-order valence-corrected chi connectivity index (χ4v) is 4.86. The van der Waals surface area contributed by atoms with Crippen LogP contribution >= 0.6 is 0 Å². The summed E-state index contributed by atoms with van der Waals surface area (Å²) in [6, 6.07) is 7.83. The van der Waals surface area contributed by atoms with Gasteiger partial charge in [-0.3, -0.25) is 10.1 Å². The Balaban J connectivity index is 1.91. The topological polar surface area (TPSA) is 183 Å². The number of nitro benzene ring substituents is 1. The van der Waals surface area contributed by atoms with Crippen LogP contribution in [0.5, 0.6) is 28.7 Å². The minimum absolute atomic E-state index is 0.0751. The van der Waals surface area contributed by atoms with Crippen molar-refractivity contribution in [2.45, 2.75) is 25.1 Å².